The Bertz CT molecular complexity index is 2210. The highest BCUT2D eigenvalue weighted by atomic mass is 16.6. The maximum Gasteiger partial charge on any atom is 0.410 e. The molecule has 1 N–H and O–H groups in total. The number of amides is 1. The van der Waals surface area contributed by atoms with Crippen LogP contribution in [0.4, 0.5) is 10.5 Å². The summed E-state index contributed by atoms with van der Waals surface area (Å²) in [6.45, 7) is 0.933. The fraction of sp³-hybridized carbons (Fsp3) is 0.250. The summed E-state index contributed by atoms with van der Waals surface area (Å²) in [5, 5.41) is 2.46. The van der Waals surface area contributed by atoms with E-state index in [1.54, 1.807) is 4.90 Å². The third kappa shape index (κ3) is 6.00. The minimum absolute atomic E-state index is 0.117. The van der Waals surface area contributed by atoms with Gasteiger partial charge in [-0.3, -0.25) is 9.89 Å². The molecule has 3 aliphatic rings. The van der Waals surface area contributed by atoms with Gasteiger partial charge in [-0.2, -0.15) is 0 Å². The number of aromatic nitrogens is 2. The van der Waals surface area contributed by atoms with Gasteiger partial charge in [-0.15, -0.1) is 0 Å². The Morgan fingerprint density at radius 2 is 1.44 bits per heavy atom. The van der Waals surface area contributed by atoms with Gasteiger partial charge in [0, 0.05) is 18.7 Å². The van der Waals surface area contributed by atoms with Crippen LogP contribution in [0.3, 0.4) is 0 Å². The molecule has 6 heteroatoms. The molecule has 50 heavy (non-hydrogen) atoms. The molecule has 9 rings (SSSR count). The molecule has 5 aromatic carbocycles. The molecule has 1 aromatic heterocycles. The molecule has 1 saturated carbocycles. The van der Waals surface area contributed by atoms with E-state index in [2.05, 4.69) is 83.8 Å². The Balaban J connectivity index is 0.893. The van der Waals surface area contributed by atoms with Crippen molar-refractivity contribution in [2.24, 2.45) is 10.9 Å². The molecule has 248 valence electrons. The minimum atomic E-state index is -0.295. The van der Waals surface area contributed by atoms with E-state index in [0.29, 0.717) is 12.5 Å². The highest BCUT2D eigenvalue weighted by Crippen LogP contribution is 2.38. The summed E-state index contributed by atoms with van der Waals surface area (Å²) in [5.41, 5.74) is 11.7. The number of nitrogens with one attached hydrogen (secondary N) is 1. The van der Waals surface area contributed by atoms with Crippen molar-refractivity contribution < 1.29 is 9.53 Å². The number of imidazole rings is 1. The monoisotopic (exact) mass is 656 g/mol. The lowest BCUT2D eigenvalue weighted by Gasteiger charge is -2.22. The van der Waals surface area contributed by atoms with Crippen molar-refractivity contribution in [2.75, 3.05) is 6.54 Å². The zero-order valence-electron chi connectivity index (χ0n) is 28.1. The van der Waals surface area contributed by atoms with Crippen LogP contribution >= 0.6 is 0 Å². The summed E-state index contributed by atoms with van der Waals surface area (Å²) in [5.74, 6) is 1.48. The molecule has 6 aromatic rings. The summed E-state index contributed by atoms with van der Waals surface area (Å²) >= 11 is 0. The summed E-state index contributed by atoms with van der Waals surface area (Å²) in [4.78, 5) is 28.0. The number of hydrogen-bond acceptors (Lipinski definition) is 4. The van der Waals surface area contributed by atoms with E-state index in [1.807, 2.05) is 36.5 Å². The van der Waals surface area contributed by atoms with E-state index in [4.69, 9.17) is 14.7 Å². The zero-order chi connectivity index (χ0) is 33.4. The average molecular weight is 657 g/mol. The summed E-state index contributed by atoms with van der Waals surface area (Å²) in [7, 11) is 0. The molecule has 0 radical (unpaired) electrons. The first kappa shape index (κ1) is 30.6. The molecule has 0 unspecified atom stereocenters. The average Bonchev–Trinajstić information content (AvgIpc) is 4.00. The molecular weight excluding hydrogens is 617 g/mol. The van der Waals surface area contributed by atoms with Crippen LogP contribution in [0.5, 0.6) is 0 Å². The maximum atomic E-state index is 13.0. The summed E-state index contributed by atoms with van der Waals surface area (Å²) in [6.07, 6.45) is 9.65. The zero-order valence-corrected chi connectivity index (χ0v) is 28.1. The van der Waals surface area contributed by atoms with E-state index >= 15 is 0 Å². The molecule has 3 heterocycles. The van der Waals surface area contributed by atoms with Crippen LogP contribution in [0.15, 0.2) is 120 Å². The van der Waals surface area contributed by atoms with Crippen LogP contribution in [-0.2, 0) is 17.8 Å². The van der Waals surface area contributed by atoms with Crippen LogP contribution in [0.1, 0.15) is 61.5 Å². The Morgan fingerprint density at radius 3 is 2.24 bits per heavy atom. The Kier molecular flexibility index (Phi) is 8.00. The quantitative estimate of drug-likeness (QED) is 0.186. The molecule has 1 saturated heterocycles. The van der Waals surface area contributed by atoms with Crippen LogP contribution in [0.2, 0.25) is 0 Å². The number of rotatable bonds is 7. The Morgan fingerprint density at radius 1 is 0.740 bits per heavy atom. The highest BCUT2D eigenvalue weighted by molar-refractivity contribution is 5.97. The third-order valence-electron chi connectivity index (χ3n) is 10.8. The molecule has 2 fully saturated rings. The number of benzene rings is 5. The number of ether oxygens (including phenoxy) is 1. The lowest BCUT2D eigenvalue weighted by molar-refractivity contribution is 0.0910. The predicted octanol–water partition coefficient (Wildman–Crippen LogP) is 10.9. The number of aromatic amines is 1. The van der Waals surface area contributed by atoms with Gasteiger partial charge in [0.05, 0.1) is 23.6 Å². The fourth-order valence-electron chi connectivity index (χ4n) is 8.07. The van der Waals surface area contributed by atoms with Gasteiger partial charge in [0.2, 0.25) is 0 Å². The highest BCUT2D eigenvalue weighted by Gasteiger charge is 2.33. The van der Waals surface area contributed by atoms with Crippen LogP contribution in [0, 0.1) is 5.92 Å². The lowest BCUT2D eigenvalue weighted by Crippen LogP contribution is -2.31. The van der Waals surface area contributed by atoms with Crippen molar-refractivity contribution in [2.45, 2.75) is 57.6 Å². The van der Waals surface area contributed by atoms with Gasteiger partial charge < -0.3 is 9.72 Å². The number of nitrogens with zero attached hydrogens (tertiary/aromatic N) is 3. The second-order valence-corrected chi connectivity index (χ2v) is 14.0. The lowest BCUT2D eigenvalue weighted by atomic mass is 9.94. The van der Waals surface area contributed by atoms with E-state index in [1.165, 1.54) is 64.4 Å². The number of aliphatic imine (C=N–C) groups is 1. The van der Waals surface area contributed by atoms with Crippen molar-refractivity contribution in [1.29, 1.82) is 0 Å². The van der Waals surface area contributed by atoms with Gasteiger partial charge >= 0.3 is 6.09 Å². The molecule has 1 amide bonds. The molecule has 1 atom stereocenters. The minimum Gasteiger partial charge on any atom is -0.445 e. The van der Waals surface area contributed by atoms with Crippen LogP contribution in [0.25, 0.3) is 44.3 Å². The normalized spacial score (nSPS) is 17.3. The first-order valence-electron chi connectivity index (χ1n) is 18.0. The van der Waals surface area contributed by atoms with Gasteiger partial charge in [0.25, 0.3) is 0 Å². The van der Waals surface area contributed by atoms with Crippen molar-refractivity contribution >= 4 is 28.3 Å². The largest absolute Gasteiger partial charge is 0.445 e. The standard InChI is InChI=1S/C44H40N4O2/c49-44(50-28-29-7-2-1-3-8-29)48-22-6-11-42(48)43-45-27-41(47-43)33-16-12-30(13-17-33)34-18-14-31-15-19-35(24-37(31)23-34)36-20-21-39-38(25-36)26-40(46-39)32-9-4-5-10-32/h1-3,7-8,12-21,23-25,27,32,42H,4-6,9-11,22,26,28H2,(H,45,47)/t42-/m0/s1. The molecule has 0 spiro atoms. The number of hydrogen-bond donors (Lipinski definition) is 1. The number of fused-ring (bicyclic) bond motifs is 2. The molecular formula is C44H40N4O2. The van der Waals surface area contributed by atoms with Crippen molar-refractivity contribution in [3.8, 4) is 33.5 Å². The smallest absolute Gasteiger partial charge is 0.410 e. The van der Waals surface area contributed by atoms with Gasteiger partial charge in [-0.1, -0.05) is 97.8 Å². The van der Waals surface area contributed by atoms with Gasteiger partial charge in [-0.25, -0.2) is 9.78 Å². The summed E-state index contributed by atoms with van der Waals surface area (Å²) < 4.78 is 5.64. The first-order chi connectivity index (χ1) is 24.6. The predicted molar refractivity (Wildman–Crippen MR) is 200 cm³/mol. The van der Waals surface area contributed by atoms with E-state index in [9.17, 15) is 4.79 Å². The van der Waals surface area contributed by atoms with E-state index in [0.717, 1.165) is 53.2 Å². The van der Waals surface area contributed by atoms with Crippen molar-refractivity contribution in [1.82, 2.24) is 14.9 Å². The number of H-pyrrole nitrogens is 1. The molecule has 6 nitrogen and oxygen atoms in total. The van der Waals surface area contributed by atoms with Crippen LogP contribution in [-0.4, -0.2) is 33.2 Å². The molecule has 0 bridgehead atoms. The van der Waals surface area contributed by atoms with E-state index < -0.39 is 0 Å². The molecule has 1 aliphatic carbocycles. The Hall–Kier alpha value is -5.49. The Labute approximate surface area is 292 Å². The van der Waals surface area contributed by atoms with E-state index in [-0.39, 0.29) is 18.7 Å². The van der Waals surface area contributed by atoms with Crippen LogP contribution < -0.4 is 0 Å². The number of carbonyl (C=O) groups is 1. The van der Waals surface area contributed by atoms with Gasteiger partial charge in [0.1, 0.15) is 12.4 Å². The SMILES string of the molecule is O=C(OCc1ccccc1)N1CCC[C@H]1c1ncc(-c2ccc(-c3ccc4ccc(-c5ccc6c(c5)CC(C5CCCC5)=N6)cc4c3)cc2)[nH]1. The summed E-state index contributed by atoms with van der Waals surface area (Å²) in [6, 6.07) is 38.6. The second kappa shape index (κ2) is 13.1. The van der Waals surface area contributed by atoms with Crippen molar-refractivity contribution in [3.05, 3.63) is 132 Å². The second-order valence-electron chi connectivity index (χ2n) is 14.0. The third-order valence-corrected chi connectivity index (χ3v) is 10.8. The first-order valence-corrected chi connectivity index (χ1v) is 18.0. The fourth-order valence-corrected chi connectivity index (χ4v) is 8.07. The number of carbonyl (C=O) groups excluding carboxylic acids is 1. The molecule has 2 aliphatic heterocycles. The van der Waals surface area contributed by atoms with Gasteiger partial charge in [0.15, 0.2) is 0 Å². The van der Waals surface area contributed by atoms with Crippen molar-refractivity contribution in [3.63, 3.8) is 0 Å². The maximum absolute atomic E-state index is 13.0. The number of likely N-dealkylation sites (tertiary alicyclic amines) is 1. The van der Waals surface area contributed by atoms with Gasteiger partial charge in [-0.05, 0) is 106 Å². The topological polar surface area (TPSA) is 70.6 Å².